The van der Waals surface area contributed by atoms with Crippen molar-refractivity contribution in [2.75, 3.05) is 0 Å². The molecular formula is C25H45N3. The maximum Gasteiger partial charge on any atom is 0.119 e. The average Bonchev–Trinajstić information content (AvgIpc) is 3.03. The molecule has 0 aromatic heterocycles. The second-order valence-corrected chi connectivity index (χ2v) is 11.5. The fourth-order valence-corrected chi connectivity index (χ4v) is 9.20. The van der Waals surface area contributed by atoms with Crippen molar-refractivity contribution < 1.29 is 0 Å². The molecule has 4 N–H and O–H groups in total. The molecule has 0 saturated heterocycles. The number of hydrazone groups is 1. The predicted octanol–water partition coefficient (Wildman–Crippen LogP) is 6.07. The van der Waals surface area contributed by atoms with Crippen molar-refractivity contribution in [2.45, 2.75) is 104 Å². The van der Waals surface area contributed by atoms with Crippen LogP contribution in [-0.2, 0) is 0 Å². The molecule has 0 radical (unpaired) electrons. The van der Waals surface area contributed by atoms with E-state index in [0.717, 1.165) is 48.3 Å². The predicted molar refractivity (Wildman–Crippen MR) is 119 cm³/mol. The lowest BCUT2D eigenvalue weighted by molar-refractivity contribution is -0.135. The summed E-state index contributed by atoms with van der Waals surface area (Å²) in [6, 6.07) is 0. The zero-order valence-corrected chi connectivity index (χ0v) is 18.8. The number of fused-ring (bicyclic) bond motifs is 5. The third-order valence-corrected chi connectivity index (χ3v) is 10.6. The molecule has 0 amide bonds. The Balaban J connectivity index is 1.51. The molecule has 4 aliphatic carbocycles. The first-order valence-corrected chi connectivity index (χ1v) is 12.5. The van der Waals surface area contributed by atoms with Crippen molar-refractivity contribution in [3.05, 3.63) is 0 Å². The number of hydrogen-bond acceptors (Lipinski definition) is 2. The number of hydrogen-bond donors (Lipinski definition) is 2. The van der Waals surface area contributed by atoms with Crippen molar-refractivity contribution in [3.8, 4) is 0 Å². The quantitative estimate of drug-likeness (QED) is 0.260. The lowest BCUT2D eigenvalue weighted by Crippen LogP contribution is -2.55. The Morgan fingerprint density at radius 2 is 1.75 bits per heavy atom. The van der Waals surface area contributed by atoms with Gasteiger partial charge in [0.2, 0.25) is 0 Å². The van der Waals surface area contributed by atoms with Gasteiger partial charge in [0, 0.05) is 6.42 Å². The van der Waals surface area contributed by atoms with Crippen LogP contribution < -0.4 is 11.6 Å². The minimum Gasteiger partial charge on any atom is -0.386 e. The van der Waals surface area contributed by atoms with Gasteiger partial charge in [-0.15, -0.1) is 0 Å². The topological polar surface area (TPSA) is 64.4 Å². The van der Waals surface area contributed by atoms with Gasteiger partial charge in [-0.1, -0.05) is 40.0 Å². The van der Waals surface area contributed by atoms with E-state index >= 15 is 0 Å². The van der Waals surface area contributed by atoms with Crippen LogP contribution in [0.5, 0.6) is 0 Å². The largest absolute Gasteiger partial charge is 0.386 e. The Morgan fingerprint density at radius 3 is 2.50 bits per heavy atom. The van der Waals surface area contributed by atoms with E-state index < -0.39 is 0 Å². The van der Waals surface area contributed by atoms with Gasteiger partial charge in [0.15, 0.2) is 0 Å². The van der Waals surface area contributed by atoms with Crippen LogP contribution in [0.25, 0.3) is 0 Å². The van der Waals surface area contributed by atoms with Gasteiger partial charge >= 0.3 is 0 Å². The second-order valence-electron chi connectivity index (χ2n) is 11.5. The summed E-state index contributed by atoms with van der Waals surface area (Å²) in [5.74, 6) is 11.8. The first-order chi connectivity index (χ1) is 13.4. The minimum absolute atomic E-state index is 0.575. The standard InChI is InChI=1S/C25H45N3/c1-4-17-16-19-21-12-11-18(8-7-10-23(26)28-27)24(21,2)15-13-22(19)25(3)14-6-5-9-20(17)25/h17-22H,4-16,27H2,1-3H3,(H2,26,28)/t17-,18?,19?,20?,21?,22-,24?,25?/m0/s1. The summed E-state index contributed by atoms with van der Waals surface area (Å²) in [7, 11) is 0. The molecule has 160 valence electrons. The van der Waals surface area contributed by atoms with Crippen LogP contribution in [0.4, 0.5) is 0 Å². The van der Waals surface area contributed by atoms with Gasteiger partial charge < -0.3 is 11.6 Å². The highest BCUT2D eigenvalue weighted by atomic mass is 15.1. The van der Waals surface area contributed by atoms with Crippen LogP contribution in [0.2, 0.25) is 0 Å². The summed E-state index contributed by atoms with van der Waals surface area (Å²) >= 11 is 0. The smallest absolute Gasteiger partial charge is 0.119 e. The third-order valence-electron chi connectivity index (χ3n) is 10.6. The fraction of sp³-hybridized carbons (Fsp3) is 0.960. The highest BCUT2D eigenvalue weighted by Crippen LogP contribution is 2.69. The second kappa shape index (κ2) is 7.84. The zero-order chi connectivity index (χ0) is 19.9. The van der Waals surface area contributed by atoms with E-state index in [1.807, 2.05) is 0 Å². The molecule has 4 aliphatic rings. The van der Waals surface area contributed by atoms with Crippen LogP contribution in [0.3, 0.4) is 0 Å². The fourth-order valence-electron chi connectivity index (χ4n) is 9.20. The molecule has 6 unspecified atom stereocenters. The van der Waals surface area contributed by atoms with Gasteiger partial charge in [-0.2, -0.15) is 5.10 Å². The SMILES string of the molecule is CC[C@H]1CC2C3CCC(CCC/C(N)=N/N)C3(C)CC[C@@H]2C2(C)CCCCC12. The molecule has 4 saturated carbocycles. The van der Waals surface area contributed by atoms with Gasteiger partial charge in [-0.3, -0.25) is 0 Å². The lowest BCUT2D eigenvalue weighted by atomic mass is 9.42. The van der Waals surface area contributed by atoms with Crippen LogP contribution in [0.1, 0.15) is 104 Å². The summed E-state index contributed by atoms with van der Waals surface area (Å²) in [4.78, 5) is 0. The Morgan fingerprint density at radius 1 is 0.964 bits per heavy atom. The van der Waals surface area contributed by atoms with Gasteiger partial charge in [-0.05, 0) is 104 Å². The molecule has 28 heavy (non-hydrogen) atoms. The molecule has 4 fully saturated rings. The van der Waals surface area contributed by atoms with Gasteiger partial charge in [0.25, 0.3) is 0 Å². The van der Waals surface area contributed by atoms with Crippen molar-refractivity contribution in [2.24, 2.45) is 63.0 Å². The van der Waals surface area contributed by atoms with Crippen LogP contribution in [-0.4, -0.2) is 5.84 Å². The van der Waals surface area contributed by atoms with E-state index in [-0.39, 0.29) is 0 Å². The first kappa shape index (κ1) is 20.5. The Hall–Kier alpha value is -0.730. The normalized spacial score (nSPS) is 48.6. The number of nitrogens with two attached hydrogens (primary N) is 2. The summed E-state index contributed by atoms with van der Waals surface area (Å²) in [6.07, 6.45) is 18.2. The maximum absolute atomic E-state index is 5.84. The molecule has 0 aliphatic heterocycles. The van der Waals surface area contributed by atoms with Crippen molar-refractivity contribution in [3.63, 3.8) is 0 Å². The van der Waals surface area contributed by atoms with Gasteiger partial charge in [-0.25, -0.2) is 0 Å². The van der Waals surface area contributed by atoms with E-state index in [2.05, 4.69) is 25.9 Å². The molecular weight excluding hydrogens is 342 g/mol. The van der Waals surface area contributed by atoms with Crippen LogP contribution in [0.15, 0.2) is 5.10 Å². The monoisotopic (exact) mass is 387 g/mol. The van der Waals surface area contributed by atoms with E-state index in [0.29, 0.717) is 16.7 Å². The number of amidine groups is 1. The first-order valence-electron chi connectivity index (χ1n) is 12.5. The molecule has 0 aromatic rings. The van der Waals surface area contributed by atoms with Crippen molar-refractivity contribution in [1.82, 2.24) is 0 Å². The molecule has 0 bridgehead atoms. The van der Waals surface area contributed by atoms with E-state index in [1.54, 1.807) is 6.42 Å². The summed E-state index contributed by atoms with van der Waals surface area (Å²) < 4.78 is 0. The van der Waals surface area contributed by atoms with E-state index in [1.165, 1.54) is 64.2 Å². The Kier molecular flexibility index (Phi) is 5.75. The summed E-state index contributed by atoms with van der Waals surface area (Å²) in [6.45, 7) is 7.87. The number of nitrogens with zero attached hydrogens (tertiary/aromatic N) is 1. The van der Waals surface area contributed by atoms with Crippen molar-refractivity contribution in [1.29, 1.82) is 0 Å². The molecule has 8 atom stereocenters. The van der Waals surface area contributed by atoms with Crippen LogP contribution >= 0.6 is 0 Å². The maximum atomic E-state index is 5.84. The van der Waals surface area contributed by atoms with Gasteiger partial charge in [0.1, 0.15) is 5.84 Å². The Bertz CT molecular complexity index is 586. The molecule has 0 spiro atoms. The summed E-state index contributed by atoms with van der Waals surface area (Å²) in [5, 5.41) is 3.66. The van der Waals surface area contributed by atoms with Crippen molar-refractivity contribution >= 4 is 5.84 Å². The molecule has 3 nitrogen and oxygen atoms in total. The third kappa shape index (κ3) is 3.19. The highest BCUT2D eigenvalue weighted by molar-refractivity contribution is 5.79. The summed E-state index contributed by atoms with van der Waals surface area (Å²) in [5.41, 5.74) is 7.06. The number of rotatable bonds is 5. The minimum atomic E-state index is 0.575. The zero-order valence-electron chi connectivity index (χ0n) is 18.8. The Labute approximate surface area is 173 Å². The van der Waals surface area contributed by atoms with E-state index in [4.69, 9.17) is 11.6 Å². The molecule has 0 aromatic carbocycles. The van der Waals surface area contributed by atoms with Gasteiger partial charge in [0.05, 0.1) is 0 Å². The molecule has 0 heterocycles. The molecule has 4 rings (SSSR count). The highest BCUT2D eigenvalue weighted by Gasteiger charge is 2.60. The van der Waals surface area contributed by atoms with E-state index in [9.17, 15) is 0 Å². The average molecular weight is 388 g/mol. The molecule has 3 heteroatoms. The lowest BCUT2D eigenvalue weighted by Gasteiger charge is -2.62. The van der Waals surface area contributed by atoms with Crippen LogP contribution in [0, 0.1) is 46.3 Å².